The van der Waals surface area contributed by atoms with Gasteiger partial charge in [-0.05, 0) is 44.4 Å². The molecule has 158 valence electrons. The molecule has 4 rings (SSSR count). The third kappa shape index (κ3) is 3.85. The van der Waals surface area contributed by atoms with Crippen LogP contribution >= 0.6 is 0 Å². The summed E-state index contributed by atoms with van der Waals surface area (Å²) in [5.41, 5.74) is 2.27. The van der Waals surface area contributed by atoms with Gasteiger partial charge >= 0.3 is 0 Å². The van der Waals surface area contributed by atoms with E-state index in [0.29, 0.717) is 36.2 Å². The summed E-state index contributed by atoms with van der Waals surface area (Å²) in [5, 5.41) is 2.91. The molecular formula is C22H26N4O3S. The van der Waals surface area contributed by atoms with Crippen molar-refractivity contribution in [3.63, 3.8) is 0 Å². The number of nitrogens with zero attached hydrogens (tertiary/aromatic N) is 2. The van der Waals surface area contributed by atoms with Crippen LogP contribution in [0.3, 0.4) is 0 Å². The fraction of sp³-hybridized carbons (Fsp3) is 0.364. The zero-order chi connectivity index (χ0) is 21.3. The summed E-state index contributed by atoms with van der Waals surface area (Å²) in [6.45, 7) is 4.25. The lowest BCUT2D eigenvalue weighted by molar-refractivity contribution is -0.124. The summed E-state index contributed by atoms with van der Waals surface area (Å²) in [6.07, 6.45) is 2.00. The number of aromatic nitrogens is 2. The highest BCUT2D eigenvalue weighted by atomic mass is 32.2. The number of amides is 1. The molecule has 0 radical (unpaired) electrons. The van der Waals surface area contributed by atoms with Crippen molar-refractivity contribution in [3.05, 3.63) is 48.5 Å². The van der Waals surface area contributed by atoms with Gasteiger partial charge in [-0.1, -0.05) is 37.3 Å². The van der Waals surface area contributed by atoms with Gasteiger partial charge in [0.25, 0.3) is 0 Å². The van der Waals surface area contributed by atoms with Crippen LogP contribution in [0.2, 0.25) is 0 Å². The second-order valence-corrected chi connectivity index (χ2v) is 9.61. The van der Waals surface area contributed by atoms with Crippen molar-refractivity contribution in [1.82, 2.24) is 19.6 Å². The summed E-state index contributed by atoms with van der Waals surface area (Å²) in [4.78, 5) is 20.6. The van der Waals surface area contributed by atoms with Crippen LogP contribution in [0.4, 0.5) is 0 Å². The van der Waals surface area contributed by atoms with Gasteiger partial charge in [-0.3, -0.25) is 4.79 Å². The lowest BCUT2D eigenvalue weighted by Crippen LogP contribution is -2.48. The van der Waals surface area contributed by atoms with Crippen LogP contribution in [0, 0.1) is 0 Å². The zero-order valence-electron chi connectivity index (χ0n) is 17.1. The number of H-pyrrole nitrogens is 1. The van der Waals surface area contributed by atoms with Crippen LogP contribution in [-0.2, 0) is 14.8 Å². The van der Waals surface area contributed by atoms with E-state index in [2.05, 4.69) is 15.3 Å². The molecule has 2 atom stereocenters. The van der Waals surface area contributed by atoms with E-state index in [9.17, 15) is 13.2 Å². The number of nitrogens with one attached hydrogen (secondary N) is 2. The van der Waals surface area contributed by atoms with E-state index in [0.717, 1.165) is 12.0 Å². The van der Waals surface area contributed by atoms with Crippen molar-refractivity contribution < 1.29 is 13.2 Å². The van der Waals surface area contributed by atoms with Gasteiger partial charge in [0.15, 0.2) is 0 Å². The number of aromatic amines is 1. The molecule has 0 bridgehead atoms. The lowest BCUT2D eigenvalue weighted by Gasteiger charge is -2.24. The Kier molecular flexibility index (Phi) is 5.62. The van der Waals surface area contributed by atoms with Gasteiger partial charge in [0, 0.05) is 18.2 Å². The first-order chi connectivity index (χ1) is 14.4. The Bertz CT molecular complexity index is 1160. The average molecular weight is 427 g/mol. The van der Waals surface area contributed by atoms with Crippen molar-refractivity contribution >= 4 is 27.0 Å². The van der Waals surface area contributed by atoms with E-state index in [-0.39, 0.29) is 16.8 Å². The van der Waals surface area contributed by atoms with Crippen molar-refractivity contribution in [2.24, 2.45) is 0 Å². The van der Waals surface area contributed by atoms with Gasteiger partial charge in [-0.15, -0.1) is 0 Å². The van der Waals surface area contributed by atoms with Gasteiger partial charge in [0.1, 0.15) is 11.9 Å². The van der Waals surface area contributed by atoms with Crippen LogP contribution in [0.25, 0.3) is 22.4 Å². The Balaban J connectivity index is 1.64. The average Bonchev–Trinajstić information content (AvgIpc) is 3.41. The van der Waals surface area contributed by atoms with Crippen molar-refractivity contribution in [3.8, 4) is 11.4 Å². The number of imidazole rings is 1. The molecule has 2 aromatic carbocycles. The number of carbonyl (C=O) groups is 1. The summed E-state index contributed by atoms with van der Waals surface area (Å²) in [5.74, 6) is 0.464. The molecule has 1 aliphatic heterocycles. The molecule has 0 unspecified atom stereocenters. The number of carbonyl (C=O) groups excluding carboxylic acids is 1. The number of hydrogen-bond donors (Lipinski definition) is 2. The topological polar surface area (TPSA) is 95.2 Å². The van der Waals surface area contributed by atoms with Crippen molar-refractivity contribution in [2.45, 2.75) is 50.1 Å². The summed E-state index contributed by atoms with van der Waals surface area (Å²) >= 11 is 0. The molecule has 1 aliphatic rings. The Morgan fingerprint density at radius 1 is 1.27 bits per heavy atom. The maximum atomic E-state index is 13.3. The molecule has 30 heavy (non-hydrogen) atoms. The van der Waals surface area contributed by atoms with Gasteiger partial charge < -0.3 is 10.3 Å². The van der Waals surface area contributed by atoms with E-state index in [1.807, 2.05) is 44.2 Å². The summed E-state index contributed by atoms with van der Waals surface area (Å²) < 4.78 is 28.0. The Labute approximate surface area is 176 Å². The maximum Gasteiger partial charge on any atom is 0.243 e. The number of benzene rings is 2. The molecule has 0 spiro atoms. The third-order valence-corrected chi connectivity index (χ3v) is 7.52. The highest BCUT2D eigenvalue weighted by Gasteiger charge is 2.39. The highest BCUT2D eigenvalue weighted by molar-refractivity contribution is 7.89. The fourth-order valence-corrected chi connectivity index (χ4v) is 5.43. The molecule has 2 heterocycles. The number of sulfonamides is 1. The standard InChI is InChI=1S/C22H26N4O3S/c1-3-15(2)23-22(27)20-10-7-13-26(20)30(28,29)17-11-12-18-19(14-17)25-21(24-18)16-8-5-4-6-9-16/h4-6,8-9,11-12,14-15,20H,3,7,10,13H2,1-2H3,(H,23,27)(H,24,25)/t15-,20+/m1/s1. The molecule has 1 amide bonds. The Morgan fingerprint density at radius 2 is 2.03 bits per heavy atom. The van der Waals surface area contributed by atoms with Crippen LogP contribution in [0.5, 0.6) is 0 Å². The van der Waals surface area contributed by atoms with Crippen LogP contribution < -0.4 is 5.32 Å². The largest absolute Gasteiger partial charge is 0.352 e. The molecular weight excluding hydrogens is 400 g/mol. The van der Waals surface area contributed by atoms with E-state index < -0.39 is 16.1 Å². The number of fused-ring (bicyclic) bond motifs is 1. The van der Waals surface area contributed by atoms with Crippen molar-refractivity contribution in [1.29, 1.82) is 0 Å². The van der Waals surface area contributed by atoms with Gasteiger partial charge in [0.2, 0.25) is 15.9 Å². The van der Waals surface area contributed by atoms with Crippen molar-refractivity contribution in [2.75, 3.05) is 6.54 Å². The zero-order valence-corrected chi connectivity index (χ0v) is 17.9. The number of hydrogen-bond acceptors (Lipinski definition) is 4. The third-order valence-electron chi connectivity index (χ3n) is 5.61. The molecule has 0 saturated carbocycles. The van der Waals surface area contributed by atoms with Gasteiger partial charge in [-0.2, -0.15) is 4.31 Å². The normalized spacial score (nSPS) is 18.5. The second kappa shape index (κ2) is 8.20. The molecule has 2 N–H and O–H groups in total. The van der Waals surface area contributed by atoms with E-state index in [4.69, 9.17) is 0 Å². The molecule has 1 saturated heterocycles. The van der Waals surface area contributed by atoms with Crippen LogP contribution in [-0.4, -0.2) is 47.2 Å². The van der Waals surface area contributed by atoms with E-state index >= 15 is 0 Å². The molecule has 0 aliphatic carbocycles. The van der Waals surface area contributed by atoms with E-state index in [1.165, 1.54) is 4.31 Å². The maximum absolute atomic E-state index is 13.3. The highest BCUT2D eigenvalue weighted by Crippen LogP contribution is 2.29. The van der Waals surface area contributed by atoms with Crippen LogP contribution in [0.15, 0.2) is 53.4 Å². The fourth-order valence-electron chi connectivity index (χ4n) is 3.75. The smallest absolute Gasteiger partial charge is 0.243 e. The molecule has 1 fully saturated rings. The predicted octanol–water partition coefficient (Wildman–Crippen LogP) is 3.30. The minimum absolute atomic E-state index is 0.0143. The molecule has 7 nitrogen and oxygen atoms in total. The molecule has 1 aromatic heterocycles. The first-order valence-corrected chi connectivity index (χ1v) is 11.7. The summed E-state index contributed by atoms with van der Waals surface area (Å²) in [7, 11) is -3.80. The second-order valence-electron chi connectivity index (χ2n) is 7.72. The minimum Gasteiger partial charge on any atom is -0.352 e. The van der Waals surface area contributed by atoms with Gasteiger partial charge in [-0.25, -0.2) is 13.4 Å². The Morgan fingerprint density at radius 3 is 2.77 bits per heavy atom. The lowest BCUT2D eigenvalue weighted by atomic mass is 10.2. The SMILES string of the molecule is CC[C@@H](C)NC(=O)[C@@H]1CCCN1S(=O)(=O)c1ccc2nc(-c3ccccc3)[nH]c2c1. The molecule has 8 heteroatoms. The van der Waals surface area contributed by atoms with Gasteiger partial charge in [0.05, 0.1) is 15.9 Å². The Hall–Kier alpha value is -2.71. The first kappa shape index (κ1) is 20.6. The van der Waals surface area contributed by atoms with E-state index in [1.54, 1.807) is 18.2 Å². The first-order valence-electron chi connectivity index (χ1n) is 10.3. The number of rotatable bonds is 6. The van der Waals surface area contributed by atoms with Crippen LogP contribution in [0.1, 0.15) is 33.1 Å². The minimum atomic E-state index is -3.80. The predicted molar refractivity (Wildman–Crippen MR) is 116 cm³/mol. The quantitative estimate of drug-likeness (QED) is 0.632. The summed E-state index contributed by atoms with van der Waals surface area (Å²) in [6, 6.07) is 13.9. The monoisotopic (exact) mass is 426 g/mol. The molecule has 3 aromatic rings.